The lowest BCUT2D eigenvalue weighted by molar-refractivity contribution is 0.0696. The van der Waals surface area contributed by atoms with E-state index in [2.05, 4.69) is 17.1 Å². The molecule has 0 spiro atoms. The number of anilines is 1. The number of hydrogen-bond donors (Lipinski definition) is 2. The van der Waals surface area contributed by atoms with Gasteiger partial charge in [0, 0.05) is 25.3 Å². The molecule has 0 aromatic heterocycles. The number of aromatic carboxylic acids is 1. The molecule has 1 aliphatic rings. The molecule has 0 radical (unpaired) electrons. The van der Waals surface area contributed by atoms with Gasteiger partial charge >= 0.3 is 5.97 Å². The first-order valence-corrected chi connectivity index (χ1v) is 12.2. The molecule has 3 rings (SSSR count). The number of nitrogens with one attached hydrogen (secondary N) is 1. The first kappa shape index (κ1) is 27.5. The molecule has 186 valence electrons. The summed E-state index contributed by atoms with van der Waals surface area (Å²) < 4.78 is 5.94. The highest BCUT2D eigenvalue weighted by Gasteiger charge is 2.19. The van der Waals surface area contributed by atoms with Crippen LogP contribution in [0.4, 0.5) is 5.69 Å². The van der Waals surface area contributed by atoms with Crippen LogP contribution >= 0.6 is 12.4 Å². The van der Waals surface area contributed by atoms with Crippen LogP contribution in [-0.4, -0.2) is 43.2 Å². The summed E-state index contributed by atoms with van der Waals surface area (Å²) in [6.07, 6.45) is 8.73. The van der Waals surface area contributed by atoms with Gasteiger partial charge in [-0.2, -0.15) is 0 Å². The summed E-state index contributed by atoms with van der Waals surface area (Å²) in [4.78, 5) is 26.4. The molecule has 1 heterocycles. The van der Waals surface area contributed by atoms with E-state index in [9.17, 15) is 9.59 Å². The molecule has 0 unspecified atom stereocenters. The fraction of sp³-hybridized carbons (Fsp3) is 0.481. The van der Waals surface area contributed by atoms with Crippen molar-refractivity contribution in [3.8, 4) is 5.75 Å². The Hall–Kier alpha value is -2.73. The van der Waals surface area contributed by atoms with Gasteiger partial charge in [0.1, 0.15) is 5.75 Å². The highest BCUT2D eigenvalue weighted by atomic mass is 35.5. The smallest absolute Gasteiger partial charge is 0.335 e. The first-order valence-electron chi connectivity index (χ1n) is 12.2. The zero-order valence-corrected chi connectivity index (χ0v) is 20.9. The lowest BCUT2D eigenvalue weighted by atomic mass is 10.1. The zero-order valence-electron chi connectivity index (χ0n) is 20.1. The number of unbranched alkanes of at least 4 members (excludes halogenated alkanes) is 3. The number of carbonyl (C=O) groups excluding carboxylic acids is 1. The number of carboxylic acid groups (broad SMARTS) is 1. The van der Waals surface area contributed by atoms with Gasteiger partial charge in [-0.1, -0.05) is 38.3 Å². The third-order valence-electron chi connectivity index (χ3n) is 6.08. The van der Waals surface area contributed by atoms with Crippen molar-refractivity contribution in [3.63, 3.8) is 0 Å². The van der Waals surface area contributed by atoms with Crippen molar-refractivity contribution in [2.24, 2.45) is 0 Å². The van der Waals surface area contributed by atoms with Gasteiger partial charge in [0.15, 0.2) is 0 Å². The molecular weight excluding hydrogens is 452 g/mol. The Kier molecular flexibility index (Phi) is 11.7. The average molecular weight is 489 g/mol. The molecule has 2 aromatic rings. The molecule has 2 N–H and O–H groups in total. The number of carbonyl (C=O) groups is 2. The molecule has 0 saturated carbocycles. The number of nitrogens with zero attached hydrogens (tertiary/aromatic N) is 1. The monoisotopic (exact) mass is 488 g/mol. The van der Waals surface area contributed by atoms with Crippen molar-refractivity contribution in [3.05, 3.63) is 59.2 Å². The van der Waals surface area contributed by atoms with Crippen LogP contribution in [0, 0.1) is 0 Å². The van der Waals surface area contributed by atoms with Gasteiger partial charge in [0.2, 0.25) is 0 Å². The van der Waals surface area contributed by atoms with Crippen LogP contribution < -0.4 is 15.0 Å². The van der Waals surface area contributed by atoms with Crippen LogP contribution in [0.15, 0.2) is 42.5 Å². The van der Waals surface area contributed by atoms with Crippen molar-refractivity contribution in [1.29, 1.82) is 0 Å². The summed E-state index contributed by atoms with van der Waals surface area (Å²) >= 11 is 0. The van der Waals surface area contributed by atoms with Crippen molar-refractivity contribution in [2.75, 3.05) is 31.1 Å². The number of carboxylic acids is 1. The van der Waals surface area contributed by atoms with Crippen LogP contribution in [0.2, 0.25) is 0 Å². The molecule has 6 nitrogen and oxygen atoms in total. The Morgan fingerprint density at radius 3 is 2.41 bits per heavy atom. The molecule has 7 heteroatoms. The van der Waals surface area contributed by atoms with E-state index in [0.29, 0.717) is 25.1 Å². The van der Waals surface area contributed by atoms with Gasteiger partial charge in [0.25, 0.3) is 5.91 Å². The van der Waals surface area contributed by atoms with Crippen molar-refractivity contribution < 1.29 is 19.4 Å². The normalized spacial score (nSPS) is 13.1. The summed E-state index contributed by atoms with van der Waals surface area (Å²) in [7, 11) is 0. The predicted octanol–water partition coefficient (Wildman–Crippen LogP) is 5.73. The van der Waals surface area contributed by atoms with Crippen molar-refractivity contribution in [2.45, 2.75) is 58.3 Å². The number of piperidine rings is 1. The SMILES string of the molecule is CCCCCCOc1ccc(N2CCCCC2)c(C(=O)NCCc2ccc(C(=O)O)cc2)c1.Cl. The molecule has 0 bridgehead atoms. The molecular formula is C27H37ClN2O4. The summed E-state index contributed by atoms with van der Waals surface area (Å²) in [6, 6.07) is 12.6. The molecule has 2 aromatic carbocycles. The van der Waals surface area contributed by atoms with Gasteiger partial charge in [-0.15, -0.1) is 12.4 Å². The van der Waals surface area contributed by atoms with E-state index in [1.54, 1.807) is 24.3 Å². The molecule has 0 aliphatic carbocycles. The molecule has 1 saturated heterocycles. The third kappa shape index (κ3) is 8.24. The summed E-state index contributed by atoms with van der Waals surface area (Å²) in [5.41, 5.74) is 2.88. The van der Waals surface area contributed by atoms with E-state index in [1.807, 2.05) is 18.2 Å². The van der Waals surface area contributed by atoms with Crippen LogP contribution in [0.3, 0.4) is 0 Å². The number of rotatable bonds is 12. The molecule has 1 fully saturated rings. The molecule has 1 amide bonds. The maximum Gasteiger partial charge on any atom is 0.335 e. The average Bonchev–Trinajstić information content (AvgIpc) is 2.84. The van der Waals surface area contributed by atoms with Crippen molar-refractivity contribution >= 4 is 30.0 Å². The Morgan fingerprint density at radius 2 is 1.74 bits per heavy atom. The molecule has 34 heavy (non-hydrogen) atoms. The lowest BCUT2D eigenvalue weighted by Crippen LogP contribution is -2.33. The minimum absolute atomic E-state index is 0. The topological polar surface area (TPSA) is 78.9 Å². The second-order valence-electron chi connectivity index (χ2n) is 8.64. The largest absolute Gasteiger partial charge is 0.494 e. The van der Waals surface area contributed by atoms with Crippen molar-refractivity contribution in [1.82, 2.24) is 5.32 Å². The van der Waals surface area contributed by atoms with E-state index in [1.165, 1.54) is 19.3 Å². The van der Waals surface area contributed by atoms with Crippen LogP contribution in [0.25, 0.3) is 0 Å². The van der Waals surface area contributed by atoms with Crippen LogP contribution in [0.5, 0.6) is 5.75 Å². The molecule has 1 aliphatic heterocycles. The van der Waals surface area contributed by atoms with E-state index in [0.717, 1.165) is 55.8 Å². The summed E-state index contributed by atoms with van der Waals surface area (Å²) in [6.45, 7) is 5.26. The maximum absolute atomic E-state index is 13.1. The predicted molar refractivity (Wildman–Crippen MR) is 139 cm³/mol. The van der Waals surface area contributed by atoms with Gasteiger partial charge in [-0.05, 0) is 68.0 Å². The van der Waals surface area contributed by atoms with Gasteiger partial charge in [-0.25, -0.2) is 4.79 Å². The lowest BCUT2D eigenvalue weighted by Gasteiger charge is -2.30. The highest BCUT2D eigenvalue weighted by molar-refractivity contribution is 6.00. The number of amides is 1. The van der Waals surface area contributed by atoms with E-state index in [-0.39, 0.29) is 23.9 Å². The minimum Gasteiger partial charge on any atom is -0.494 e. The second-order valence-corrected chi connectivity index (χ2v) is 8.64. The van der Waals surface area contributed by atoms with E-state index >= 15 is 0 Å². The molecule has 0 atom stereocenters. The second kappa shape index (κ2) is 14.5. The standard InChI is InChI=1S/C27H36N2O4.ClH/c1-2-3-4-8-19-33-23-13-14-25(29-17-6-5-7-18-29)24(20-23)26(30)28-16-15-21-9-11-22(12-10-21)27(31)32;/h9-14,20H,2-8,15-19H2,1H3,(H,28,30)(H,31,32);1H. The minimum atomic E-state index is -0.937. The maximum atomic E-state index is 13.1. The Labute approximate surface area is 209 Å². The summed E-state index contributed by atoms with van der Waals surface area (Å²) in [5, 5.41) is 12.1. The van der Waals surface area contributed by atoms with E-state index in [4.69, 9.17) is 9.84 Å². The van der Waals surface area contributed by atoms with Gasteiger partial charge < -0.3 is 20.1 Å². The van der Waals surface area contributed by atoms with Gasteiger partial charge in [0.05, 0.1) is 17.7 Å². The van der Waals surface area contributed by atoms with Gasteiger partial charge in [-0.3, -0.25) is 4.79 Å². The number of hydrogen-bond acceptors (Lipinski definition) is 4. The fourth-order valence-electron chi connectivity index (χ4n) is 4.15. The van der Waals surface area contributed by atoms with Crippen LogP contribution in [-0.2, 0) is 6.42 Å². The highest BCUT2D eigenvalue weighted by Crippen LogP contribution is 2.28. The third-order valence-corrected chi connectivity index (χ3v) is 6.08. The van der Waals surface area contributed by atoms with E-state index < -0.39 is 5.97 Å². The van der Waals surface area contributed by atoms with Crippen LogP contribution in [0.1, 0.15) is 78.1 Å². The fourth-order valence-corrected chi connectivity index (χ4v) is 4.15. The number of halogens is 1. The summed E-state index contributed by atoms with van der Waals surface area (Å²) in [5.74, 6) is -0.302. The first-order chi connectivity index (χ1) is 16.1. The number of ether oxygens (including phenoxy) is 1. The quantitative estimate of drug-likeness (QED) is 0.373. The number of benzene rings is 2. The Morgan fingerprint density at radius 1 is 1.00 bits per heavy atom. The Bertz CT molecular complexity index is 911. The zero-order chi connectivity index (χ0) is 23.5. The Balaban J connectivity index is 0.00000408.